The molecular formula is C32H53Cl3SiTi. The third kappa shape index (κ3) is 14.1. The molecule has 5 heteroatoms. The molecule has 0 fully saturated rings. The quantitative estimate of drug-likeness (QED) is 0.162. The Morgan fingerprint density at radius 3 is 1.41 bits per heavy atom. The van der Waals surface area contributed by atoms with Gasteiger partial charge in [-0.3, -0.25) is 0 Å². The fourth-order valence-electron chi connectivity index (χ4n) is 5.81. The van der Waals surface area contributed by atoms with E-state index in [4.69, 9.17) is 0 Å². The average molecular weight is 620 g/mol. The number of hydrogen-bond acceptors (Lipinski definition) is 0. The Bertz CT molecular complexity index is 763. The zero-order chi connectivity index (χ0) is 24.7. The normalized spacial score (nSPS) is 14.6. The first-order chi connectivity index (χ1) is 16.5. The summed E-state index contributed by atoms with van der Waals surface area (Å²) in [5.41, 5.74) is 3.18. The van der Waals surface area contributed by atoms with E-state index in [1.807, 2.05) is 5.20 Å². The second-order valence-corrected chi connectivity index (χ2v) is 16.4. The molecule has 0 bridgehead atoms. The summed E-state index contributed by atoms with van der Waals surface area (Å²) in [6.45, 7) is 9.69. The molecule has 1 aromatic rings. The Balaban J connectivity index is 0. The molecule has 1 aliphatic rings. The maximum absolute atomic E-state index is 2.65. The molecule has 0 heterocycles. The van der Waals surface area contributed by atoms with Crippen molar-refractivity contribution < 1.29 is 57.7 Å². The topological polar surface area (TPSA) is 0 Å². The predicted octanol–water partition coefficient (Wildman–Crippen LogP) is 1.33. The van der Waals surface area contributed by atoms with Gasteiger partial charge in [-0.15, -0.1) is 0 Å². The van der Waals surface area contributed by atoms with Crippen molar-refractivity contribution >= 4 is 13.3 Å². The number of unbranched alkanes of at least 4 members (excludes halogenated alkanes) is 15. The maximum atomic E-state index is 2.65. The minimum absolute atomic E-state index is 0. The van der Waals surface area contributed by atoms with Crippen LogP contribution in [0.5, 0.6) is 0 Å². The molecule has 2 rings (SSSR count). The monoisotopic (exact) mass is 618 g/mol. The van der Waals surface area contributed by atoms with Crippen LogP contribution < -0.4 is 42.4 Å². The van der Waals surface area contributed by atoms with E-state index in [1.54, 1.807) is 20.2 Å². The van der Waals surface area contributed by atoms with Crippen molar-refractivity contribution in [3.8, 4) is 0 Å². The first-order valence-corrected chi connectivity index (χ1v) is 18.2. The molecule has 1 atom stereocenters. The van der Waals surface area contributed by atoms with Crippen molar-refractivity contribution in [2.45, 2.75) is 143 Å². The van der Waals surface area contributed by atoms with Crippen molar-refractivity contribution in [3.05, 3.63) is 50.6 Å². The van der Waals surface area contributed by atoms with E-state index < -0.39 is 8.07 Å². The summed E-state index contributed by atoms with van der Waals surface area (Å²) in [6.07, 6.45) is 24.4. The number of hydrogen-bond donors (Lipinski definition) is 0. The molecular weight excluding hydrogens is 567 g/mol. The molecule has 0 radical (unpaired) electrons. The van der Waals surface area contributed by atoms with Gasteiger partial charge in [0.15, 0.2) is 0 Å². The van der Waals surface area contributed by atoms with Gasteiger partial charge in [-0.2, -0.15) is 0 Å². The molecule has 37 heavy (non-hydrogen) atoms. The first-order valence-electron chi connectivity index (χ1n) is 14.7. The largest absolute Gasteiger partial charge is 1.00 e. The summed E-state index contributed by atoms with van der Waals surface area (Å²) in [6, 6.07) is 12.9. The third-order valence-corrected chi connectivity index (χ3v) is 14.1. The Labute approximate surface area is 262 Å². The summed E-state index contributed by atoms with van der Waals surface area (Å²) >= 11 is 2.35. The van der Waals surface area contributed by atoms with Crippen LogP contribution >= 0.6 is 0 Å². The van der Waals surface area contributed by atoms with E-state index in [1.165, 1.54) is 115 Å². The molecule has 0 amide bonds. The van der Waals surface area contributed by atoms with Crippen molar-refractivity contribution in [1.82, 2.24) is 0 Å². The van der Waals surface area contributed by atoms with Gasteiger partial charge in [0.2, 0.25) is 0 Å². The molecule has 0 N–H and O–H groups in total. The molecule has 0 aromatic heterocycles. The van der Waals surface area contributed by atoms with Gasteiger partial charge in [0.05, 0.1) is 0 Å². The summed E-state index contributed by atoms with van der Waals surface area (Å²) in [5, 5.41) is 3.46. The van der Waals surface area contributed by atoms with Gasteiger partial charge < -0.3 is 37.2 Å². The molecule has 0 aliphatic heterocycles. The Morgan fingerprint density at radius 1 is 0.622 bits per heavy atom. The second-order valence-electron chi connectivity index (χ2n) is 11.1. The van der Waals surface area contributed by atoms with Gasteiger partial charge in [0.1, 0.15) is 0 Å². The van der Waals surface area contributed by atoms with Crippen LogP contribution in [0.1, 0.15) is 130 Å². The molecule has 0 saturated heterocycles. The minimum atomic E-state index is -1.61. The van der Waals surface area contributed by atoms with Crippen LogP contribution in [-0.2, 0) is 20.4 Å². The van der Waals surface area contributed by atoms with Gasteiger partial charge in [-0.25, -0.2) is 0 Å². The van der Waals surface area contributed by atoms with Gasteiger partial charge >= 0.3 is 162 Å². The van der Waals surface area contributed by atoms with E-state index in [2.05, 4.69) is 78.1 Å². The van der Waals surface area contributed by atoms with Crippen LogP contribution in [0.25, 0.3) is 0 Å². The molecule has 0 spiro atoms. The molecule has 210 valence electrons. The van der Waals surface area contributed by atoms with Crippen LogP contribution in [0, 0.1) is 0 Å². The average Bonchev–Trinajstić information content (AvgIpc) is 3.12. The maximum Gasteiger partial charge on any atom is -1.00 e. The van der Waals surface area contributed by atoms with Crippen LogP contribution in [-0.4, -0.2) is 8.07 Å². The van der Waals surface area contributed by atoms with Gasteiger partial charge in [0.25, 0.3) is 0 Å². The zero-order valence-electron chi connectivity index (χ0n) is 24.2. The van der Waals surface area contributed by atoms with Crippen molar-refractivity contribution in [3.63, 3.8) is 0 Å². The molecule has 0 nitrogen and oxygen atoms in total. The first kappa shape index (κ1) is 39.6. The Kier molecular flexibility index (Phi) is 24.9. The van der Waals surface area contributed by atoms with Gasteiger partial charge in [-0.05, 0) is 0 Å². The third-order valence-electron chi connectivity index (χ3n) is 8.43. The Hall–Kier alpha value is 0.501. The van der Waals surface area contributed by atoms with Gasteiger partial charge in [0, 0.05) is 0 Å². The summed E-state index contributed by atoms with van der Waals surface area (Å²) in [4.78, 5) is 0. The number of allylic oxidation sites excluding steroid dienone is 4. The predicted molar refractivity (Wildman–Crippen MR) is 152 cm³/mol. The van der Waals surface area contributed by atoms with Crippen molar-refractivity contribution in [2.24, 2.45) is 0 Å². The summed E-state index contributed by atoms with van der Waals surface area (Å²) < 4.78 is 1.61. The summed E-state index contributed by atoms with van der Waals surface area (Å²) in [5.74, 6) is 0. The van der Waals surface area contributed by atoms with Crippen molar-refractivity contribution in [1.29, 1.82) is 0 Å². The van der Waals surface area contributed by atoms with E-state index in [-0.39, 0.29) is 37.2 Å². The number of halogens is 3. The van der Waals surface area contributed by atoms with Crippen LogP contribution in [0.3, 0.4) is 0 Å². The number of benzene rings is 1. The second kappa shape index (κ2) is 23.2. The van der Waals surface area contributed by atoms with Crippen LogP contribution in [0.15, 0.2) is 50.6 Å². The van der Waals surface area contributed by atoms with E-state index in [9.17, 15) is 0 Å². The van der Waals surface area contributed by atoms with Crippen molar-refractivity contribution in [2.75, 3.05) is 0 Å². The molecule has 0 saturated carbocycles. The molecule has 1 aromatic carbocycles. The molecule has 1 unspecified atom stereocenters. The van der Waals surface area contributed by atoms with Crippen LogP contribution in [0.2, 0.25) is 12.6 Å². The molecule has 1 aliphatic carbocycles. The number of rotatable bonds is 19. The SMILES string of the molecule is CCCCCCCCCCCCCCCCCC[Si](C)(C1=C(C)C(C)=[C]([Ti+3])C1)c1ccccc1.[Cl-].[Cl-].[Cl-]. The fraction of sp³-hybridized carbons (Fsp3) is 0.688. The fourth-order valence-corrected chi connectivity index (χ4v) is 11.1. The van der Waals surface area contributed by atoms with E-state index in [0.717, 1.165) is 0 Å². The van der Waals surface area contributed by atoms with Crippen LogP contribution in [0.4, 0.5) is 0 Å². The minimum Gasteiger partial charge on any atom is -1.00 e. The van der Waals surface area contributed by atoms with E-state index in [0.29, 0.717) is 0 Å². The zero-order valence-corrected chi connectivity index (χ0v) is 29.1. The smallest absolute Gasteiger partial charge is 1.00 e. The Morgan fingerprint density at radius 2 is 1.03 bits per heavy atom. The standard InChI is InChI=1S/C32H53Si.3ClH.Ti/c1-5-6-7-8-9-10-11-12-13-14-15-16-17-18-19-23-28-33(4,31-24-21-20-22-25-31)32-27-26-29(2)30(32)3;;;;/h20-22,24-25H,5-19,23,27-28H2,1-4H3;3*1H;/q;;;;+3/p-3. The van der Waals surface area contributed by atoms with E-state index >= 15 is 0 Å². The van der Waals surface area contributed by atoms with Gasteiger partial charge in [-0.1, -0.05) is 64.7 Å². The summed E-state index contributed by atoms with van der Waals surface area (Å²) in [7, 11) is -1.61.